The van der Waals surface area contributed by atoms with Gasteiger partial charge in [-0.15, -0.1) is 0 Å². The second kappa shape index (κ2) is 9.10. The lowest BCUT2D eigenvalue weighted by Crippen LogP contribution is -2.38. The van der Waals surface area contributed by atoms with Crippen molar-refractivity contribution in [2.75, 3.05) is 6.54 Å². The minimum absolute atomic E-state index is 0.179. The third-order valence-electron chi connectivity index (χ3n) is 6.69. The number of aromatic nitrogens is 1. The molecule has 1 N–H and O–H groups in total. The Morgan fingerprint density at radius 1 is 1.04 bits per heavy atom. The molecule has 0 radical (unpaired) electrons. The number of carbonyl (C=O) groups is 2. The molecule has 0 unspecified atom stereocenters. The highest BCUT2D eigenvalue weighted by molar-refractivity contribution is 5.92. The van der Waals surface area contributed by atoms with E-state index in [0.29, 0.717) is 36.4 Å². The highest BCUT2D eigenvalue weighted by atomic mass is 16.5. The van der Waals surface area contributed by atoms with E-state index in [4.69, 9.17) is 4.52 Å². The monoisotopic (exact) mass is 387 g/mol. The van der Waals surface area contributed by atoms with Crippen LogP contribution in [0.15, 0.2) is 10.6 Å². The quantitative estimate of drug-likeness (QED) is 0.693. The predicted molar refractivity (Wildman–Crippen MR) is 106 cm³/mol. The minimum atomic E-state index is -0.179. The summed E-state index contributed by atoms with van der Waals surface area (Å²) in [6, 6.07) is 2.00. The predicted octanol–water partition coefficient (Wildman–Crippen LogP) is 4.06. The molecular formula is C22H33N3O3. The smallest absolute Gasteiger partial charge is 0.273 e. The van der Waals surface area contributed by atoms with Crippen LogP contribution in [0, 0.1) is 11.8 Å². The Morgan fingerprint density at radius 2 is 1.75 bits per heavy atom. The van der Waals surface area contributed by atoms with Gasteiger partial charge >= 0.3 is 0 Å². The van der Waals surface area contributed by atoms with Crippen LogP contribution in [-0.2, 0) is 11.3 Å². The van der Waals surface area contributed by atoms with Gasteiger partial charge < -0.3 is 14.7 Å². The van der Waals surface area contributed by atoms with E-state index in [0.717, 1.165) is 31.7 Å². The molecule has 0 spiro atoms. The van der Waals surface area contributed by atoms with Crippen LogP contribution in [0.25, 0.3) is 0 Å². The Kier molecular flexibility index (Phi) is 6.33. The van der Waals surface area contributed by atoms with Gasteiger partial charge in [-0.3, -0.25) is 9.59 Å². The van der Waals surface area contributed by atoms with Crippen molar-refractivity contribution in [2.24, 2.45) is 11.8 Å². The number of hydrogen-bond donors (Lipinski definition) is 1. The first-order chi connectivity index (χ1) is 13.7. The molecular weight excluding hydrogens is 354 g/mol. The summed E-state index contributed by atoms with van der Waals surface area (Å²) in [4.78, 5) is 27.2. The molecule has 154 valence electrons. The average Bonchev–Trinajstić information content (AvgIpc) is 3.16. The Labute approximate surface area is 167 Å². The molecule has 2 amide bonds. The van der Waals surface area contributed by atoms with Gasteiger partial charge in [-0.1, -0.05) is 43.7 Å². The van der Waals surface area contributed by atoms with E-state index in [-0.39, 0.29) is 11.8 Å². The van der Waals surface area contributed by atoms with E-state index in [1.807, 2.05) is 4.90 Å². The maximum Gasteiger partial charge on any atom is 0.273 e. The number of nitrogens with one attached hydrogen (secondary N) is 1. The molecule has 3 aliphatic rings. The van der Waals surface area contributed by atoms with E-state index in [1.165, 1.54) is 51.4 Å². The summed E-state index contributed by atoms with van der Waals surface area (Å²) < 4.78 is 5.42. The zero-order valence-electron chi connectivity index (χ0n) is 16.8. The Balaban J connectivity index is 1.34. The summed E-state index contributed by atoms with van der Waals surface area (Å²) >= 11 is 0. The summed E-state index contributed by atoms with van der Waals surface area (Å²) in [5.74, 6) is 2.02. The van der Waals surface area contributed by atoms with Crippen molar-refractivity contribution in [2.45, 2.75) is 89.6 Å². The molecule has 3 aliphatic carbocycles. The van der Waals surface area contributed by atoms with Gasteiger partial charge in [-0.05, 0) is 43.9 Å². The largest absolute Gasteiger partial charge is 0.359 e. The molecule has 1 heterocycles. The lowest BCUT2D eigenvalue weighted by Gasteiger charge is -2.28. The van der Waals surface area contributed by atoms with Crippen molar-refractivity contribution in [3.8, 4) is 0 Å². The number of rotatable bonds is 9. The third-order valence-corrected chi connectivity index (χ3v) is 6.69. The molecule has 3 fully saturated rings. The first-order valence-corrected chi connectivity index (χ1v) is 11.2. The number of amides is 2. The summed E-state index contributed by atoms with van der Waals surface area (Å²) in [6.45, 7) is 1.14. The molecule has 1 aromatic heterocycles. The lowest BCUT2D eigenvalue weighted by atomic mass is 10.0. The van der Waals surface area contributed by atoms with E-state index in [2.05, 4.69) is 10.5 Å². The summed E-state index contributed by atoms with van der Waals surface area (Å²) in [7, 11) is 0. The maximum absolute atomic E-state index is 13.0. The topological polar surface area (TPSA) is 75.4 Å². The second-order valence-corrected chi connectivity index (χ2v) is 8.98. The van der Waals surface area contributed by atoms with Gasteiger partial charge in [0.2, 0.25) is 5.91 Å². The molecule has 6 heteroatoms. The fourth-order valence-corrected chi connectivity index (χ4v) is 4.72. The SMILES string of the molecule is O=C(NCC1CC1)c1cc(CN(C(=O)CCC2CCCC2)C2CCCC2)on1. The zero-order valence-corrected chi connectivity index (χ0v) is 16.8. The summed E-state index contributed by atoms with van der Waals surface area (Å²) in [6.07, 6.45) is 13.7. The summed E-state index contributed by atoms with van der Waals surface area (Å²) in [5.41, 5.74) is 0.320. The van der Waals surface area contributed by atoms with Gasteiger partial charge in [0, 0.05) is 25.1 Å². The van der Waals surface area contributed by atoms with Crippen molar-refractivity contribution < 1.29 is 14.1 Å². The number of carbonyl (C=O) groups excluding carboxylic acids is 2. The number of nitrogens with zero attached hydrogens (tertiary/aromatic N) is 2. The molecule has 0 atom stereocenters. The molecule has 6 nitrogen and oxygen atoms in total. The van der Waals surface area contributed by atoms with Gasteiger partial charge in [-0.2, -0.15) is 0 Å². The van der Waals surface area contributed by atoms with Crippen LogP contribution in [0.1, 0.15) is 93.3 Å². The van der Waals surface area contributed by atoms with E-state index in [9.17, 15) is 9.59 Å². The van der Waals surface area contributed by atoms with E-state index < -0.39 is 0 Å². The first-order valence-electron chi connectivity index (χ1n) is 11.2. The normalized spacial score (nSPS) is 20.6. The Hall–Kier alpha value is -1.85. The van der Waals surface area contributed by atoms with Crippen LogP contribution in [-0.4, -0.2) is 34.5 Å². The average molecular weight is 388 g/mol. The van der Waals surface area contributed by atoms with Crippen LogP contribution in [0.3, 0.4) is 0 Å². The fourth-order valence-electron chi connectivity index (χ4n) is 4.72. The highest BCUT2D eigenvalue weighted by Crippen LogP contribution is 2.31. The molecule has 4 rings (SSSR count). The van der Waals surface area contributed by atoms with Crippen LogP contribution in [0.4, 0.5) is 0 Å². The van der Waals surface area contributed by atoms with E-state index >= 15 is 0 Å². The van der Waals surface area contributed by atoms with Crippen molar-refractivity contribution in [3.63, 3.8) is 0 Å². The van der Waals surface area contributed by atoms with Gasteiger partial charge in [-0.25, -0.2) is 0 Å². The Morgan fingerprint density at radius 3 is 2.46 bits per heavy atom. The van der Waals surface area contributed by atoms with Crippen LogP contribution in [0.5, 0.6) is 0 Å². The molecule has 28 heavy (non-hydrogen) atoms. The molecule has 0 aliphatic heterocycles. The van der Waals surface area contributed by atoms with Crippen molar-refractivity contribution in [1.82, 2.24) is 15.4 Å². The summed E-state index contributed by atoms with van der Waals surface area (Å²) in [5, 5.41) is 6.85. The first kappa shape index (κ1) is 19.5. The zero-order chi connectivity index (χ0) is 19.3. The molecule has 3 saturated carbocycles. The van der Waals surface area contributed by atoms with Crippen LogP contribution in [0.2, 0.25) is 0 Å². The maximum atomic E-state index is 13.0. The van der Waals surface area contributed by atoms with Gasteiger partial charge in [0.1, 0.15) is 0 Å². The van der Waals surface area contributed by atoms with Crippen LogP contribution < -0.4 is 5.32 Å². The van der Waals surface area contributed by atoms with E-state index in [1.54, 1.807) is 6.07 Å². The minimum Gasteiger partial charge on any atom is -0.359 e. The molecule has 1 aromatic rings. The third kappa shape index (κ3) is 5.15. The van der Waals surface area contributed by atoms with Crippen molar-refractivity contribution in [1.29, 1.82) is 0 Å². The number of hydrogen-bond acceptors (Lipinski definition) is 4. The second-order valence-electron chi connectivity index (χ2n) is 8.98. The Bertz CT molecular complexity index is 670. The molecule has 0 saturated heterocycles. The molecule has 0 aromatic carbocycles. The van der Waals surface area contributed by atoms with Gasteiger partial charge in [0.15, 0.2) is 11.5 Å². The van der Waals surface area contributed by atoms with Crippen molar-refractivity contribution >= 4 is 11.8 Å². The van der Waals surface area contributed by atoms with Crippen LogP contribution >= 0.6 is 0 Å². The lowest BCUT2D eigenvalue weighted by molar-refractivity contribution is -0.134. The van der Waals surface area contributed by atoms with Gasteiger partial charge in [0.25, 0.3) is 5.91 Å². The fraction of sp³-hybridized carbons (Fsp3) is 0.773. The molecule has 0 bridgehead atoms. The van der Waals surface area contributed by atoms with Gasteiger partial charge in [0.05, 0.1) is 6.54 Å². The highest BCUT2D eigenvalue weighted by Gasteiger charge is 2.29. The van der Waals surface area contributed by atoms with Crippen molar-refractivity contribution in [3.05, 3.63) is 17.5 Å². The standard InChI is InChI=1S/C22H33N3O3/c26-21(12-11-16-5-1-2-6-16)25(18-7-3-4-8-18)15-19-13-20(24-28-19)22(27)23-14-17-9-10-17/h13,16-18H,1-12,14-15H2,(H,23,27).